The fourth-order valence-electron chi connectivity index (χ4n) is 4.63. The number of aryl methyl sites for hydroxylation is 1. The highest BCUT2D eigenvalue weighted by Crippen LogP contribution is 2.28. The highest BCUT2D eigenvalue weighted by atomic mass is 19.1. The molecule has 3 heterocycles. The van der Waals surface area contributed by atoms with Crippen LogP contribution in [0.15, 0.2) is 60.7 Å². The van der Waals surface area contributed by atoms with Gasteiger partial charge in [0, 0.05) is 48.1 Å². The number of amides is 1. The molecule has 35 heavy (non-hydrogen) atoms. The number of benzene rings is 2. The molecule has 1 aliphatic heterocycles. The van der Waals surface area contributed by atoms with Gasteiger partial charge in [-0.25, -0.2) is 9.37 Å². The maximum absolute atomic E-state index is 13.3. The van der Waals surface area contributed by atoms with Gasteiger partial charge in [0.15, 0.2) is 5.65 Å². The molecule has 6 nitrogen and oxygen atoms in total. The highest BCUT2D eigenvalue weighted by molar-refractivity contribution is 5.92. The minimum Gasteiger partial charge on any atom is -0.356 e. The molecule has 0 aliphatic carbocycles. The van der Waals surface area contributed by atoms with E-state index in [0.717, 1.165) is 60.0 Å². The number of hydrogen-bond donors (Lipinski definition) is 1. The molecule has 0 saturated carbocycles. The van der Waals surface area contributed by atoms with Gasteiger partial charge in [0.1, 0.15) is 11.6 Å². The molecule has 1 aliphatic rings. The first-order chi connectivity index (χ1) is 16.9. The topological polar surface area (TPSA) is 62.5 Å². The van der Waals surface area contributed by atoms with Crippen LogP contribution in [0.5, 0.6) is 0 Å². The number of fused-ring (bicyclic) bond motifs is 1. The first kappa shape index (κ1) is 23.0. The molecular formula is C28H30FN5O. The van der Waals surface area contributed by atoms with E-state index in [1.165, 1.54) is 17.7 Å². The Kier molecular flexibility index (Phi) is 6.24. The summed E-state index contributed by atoms with van der Waals surface area (Å²) < 4.78 is 15.2. The van der Waals surface area contributed by atoms with Crippen molar-refractivity contribution in [3.05, 3.63) is 77.7 Å². The van der Waals surface area contributed by atoms with E-state index in [2.05, 4.69) is 41.2 Å². The number of halogens is 1. The molecule has 180 valence electrons. The second-order valence-electron chi connectivity index (χ2n) is 9.59. The molecule has 2 aromatic carbocycles. The van der Waals surface area contributed by atoms with Crippen molar-refractivity contribution in [3.8, 4) is 11.3 Å². The molecule has 7 heteroatoms. The van der Waals surface area contributed by atoms with E-state index in [0.29, 0.717) is 5.92 Å². The van der Waals surface area contributed by atoms with Crippen LogP contribution in [0.3, 0.4) is 0 Å². The summed E-state index contributed by atoms with van der Waals surface area (Å²) in [6.07, 6.45) is 1.54. The molecule has 2 aromatic heterocycles. The van der Waals surface area contributed by atoms with Gasteiger partial charge in [0.25, 0.3) is 0 Å². The number of carbonyl (C=O) groups excluding carboxylic acids is 1. The standard InChI is InChI=1S/C28H30FN5O/c1-18(2)20-6-10-24(11-7-20)31-28(35)22-12-14-33(15-13-22)27-16-19(3)30-26-17-25(32-34(26)27)21-4-8-23(29)9-5-21/h4-11,16-18,22H,12-15H2,1-3H3,(H,31,35). The number of aromatic nitrogens is 3. The molecule has 0 spiro atoms. The number of hydrogen-bond acceptors (Lipinski definition) is 4. The average Bonchev–Trinajstić information content (AvgIpc) is 3.28. The Balaban J connectivity index is 1.29. The quantitative estimate of drug-likeness (QED) is 0.398. The van der Waals surface area contributed by atoms with Crippen molar-refractivity contribution in [2.75, 3.05) is 23.3 Å². The maximum atomic E-state index is 13.3. The molecule has 1 fully saturated rings. The Labute approximate surface area is 204 Å². The lowest BCUT2D eigenvalue weighted by Crippen LogP contribution is -2.39. The van der Waals surface area contributed by atoms with E-state index in [1.54, 1.807) is 12.1 Å². The smallest absolute Gasteiger partial charge is 0.227 e. The van der Waals surface area contributed by atoms with Crippen LogP contribution in [0.1, 0.15) is 43.9 Å². The number of rotatable bonds is 5. The minimum absolute atomic E-state index is 0.0261. The molecule has 1 amide bonds. The molecule has 0 radical (unpaired) electrons. The van der Waals surface area contributed by atoms with Crippen molar-refractivity contribution in [2.45, 2.75) is 39.5 Å². The summed E-state index contributed by atoms with van der Waals surface area (Å²) in [5.41, 5.74) is 5.36. The zero-order valence-corrected chi connectivity index (χ0v) is 20.3. The summed E-state index contributed by atoms with van der Waals surface area (Å²) in [7, 11) is 0. The van der Waals surface area contributed by atoms with Gasteiger partial charge in [0.05, 0.1) is 5.69 Å². The van der Waals surface area contributed by atoms with Crippen LogP contribution in [0.25, 0.3) is 16.9 Å². The van der Waals surface area contributed by atoms with Crippen LogP contribution in [0, 0.1) is 18.7 Å². The van der Waals surface area contributed by atoms with Gasteiger partial charge < -0.3 is 10.2 Å². The lowest BCUT2D eigenvalue weighted by atomic mass is 9.95. The fraction of sp³-hybridized carbons (Fsp3) is 0.321. The lowest BCUT2D eigenvalue weighted by molar-refractivity contribution is -0.120. The number of piperidine rings is 1. The molecular weight excluding hydrogens is 441 g/mol. The fourth-order valence-corrected chi connectivity index (χ4v) is 4.63. The third kappa shape index (κ3) is 4.90. The summed E-state index contributed by atoms with van der Waals surface area (Å²) in [5, 5.41) is 7.85. The van der Waals surface area contributed by atoms with E-state index >= 15 is 0 Å². The lowest BCUT2D eigenvalue weighted by Gasteiger charge is -2.33. The minimum atomic E-state index is -0.272. The van der Waals surface area contributed by atoms with Crippen LogP contribution in [-0.4, -0.2) is 33.6 Å². The van der Waals surface area contributed by atoms with Gasteiger partial charge in [-0.3, -0.25) is 4.79 Å². The first-order valence-electron chi connectivity index (χ1n) is 12.2. The number of nitrogens with one attached hydrogen (secondary N) is 1. The van der Waals surface area contributed by atoms with Gasteiger partial charge in [-0.15, -0.1) is 0 Å². The van der Waals surface area contributed by atoms with Crippen molar-refractivity contribution >= 4 is 23.1 Å². The van der Waals surface area contributed by atoms with Crippen LogP contribution in [0.2, 0.25) is 0 Å². The summed E-state index contributed by atoms with van der Waals surface area (Å²) in [5.74, 6) is 1.21. The Morgan fingerprint density at radius 1 is 1.03 bits per heavy atom. The van der Waals surface area contributed by atoms with Gasteiger partial charge in [0.2, 0.25) is 5.91 Å². The van der Waals surface area contributed by atoms with Crippen LogP contribution in [0.4, 0.5) is 15.9 Å². The Morgan fingerprint density at radius 3 is 2.37 bits per heavy atom. The van der Waals surface area contributed by atoms with Gasteiger partial charge in [-0.2, -0.15) is 9.61 Å². The van der Waals surface area contributed by atoms with E-state index < -0.39 is 0 Å². The van der Waals surface area contributed by atoms with Crippen molar-refractivity contribution in [3.63, 3.8) is 0 Å². The normalized spacial score (nSPS) is 14.6. The van der Waals surface area contributed by atoms with E-state index in [4.69, 9.17) is 5.10 Å². The van der Waals surface area contributed by atoms with Crippen LogP contribution >= 0.6 is 0 Å². The van der Waals surface area contributed by atoms with Gasteiger partial charge in [-0.05, 0) is 67.6 Å². The van der Waals surface area contributed by atoms with E-state index in [-0.39, 0.29) is 17.6 Å². The molecule has 0 bridgehead atoms. The Morgan fingerprint density at radius 2 is 1.71 bits per heavy atom. The van der Waals surface area contributed by atoms with Crippen molar-refractivity contribution in [2.24, 2.45) is 5.92 Å². The maximum Gasteiger partial charge on any atom is 0.227 e. The molecule has 1 saturated heterocycles. The first-order valence-corrected chi connectivity index (χ1v) is 12.2. The molecule has 1 N–H and O–H groups in total. The molecule has 5 rings (SSSR count). The zero-order chi connectivity index (χ0) is 24.5. The Hall–Kier alpha value is -3.74. The third-order valence-corrected chi connectivity index (χ3v) is 6.71. The zero-order valence-electron chi connectivity index (χ0n) is 20.3. The number of nitrogens with zero attached hydrogens (tertiary/aromatic N) is 4. The monoisotopic (exact) mass is 471 g/mol. The van der Waals surface area contributed by atoms with Crippen LogP contribution < -0.4 is 10.2 Å². The third-order valence-electron chi connectivity index (χ3n) is 6.71. The second kappa shape index (κ2) is 9.49. The average molecular weight is 472 g/mol. The number of carbonyl (C=O) groups is 1. The summed E-state index contributed by atoms with van der Waals surface area (Å²) in [4.78, 5) is 19.8. The predicted octanol–water partition coefficient (Wildman–Crippen LogP) is 5.82. The summed E-state index contributed by atoms with van der Waals surface area (Å²) >= 11 is 0. The van der Waals surface area contributed by atoms with Gasteiger partial charge in [-0.1, -0.05) is 26.0 Å². The second-order valence-corrected chi connectivity index (χ2v) is 9.59. The summed E-state index contributed by atoms with van der Waals surface area (Å²) in [6.45, 7) is 7.81. The number of anilines is 2. The van der Waals surface area contributed by atoms with Crippen LogP contribution in [-0.2, 0) is 4.79 Å². The summed E-state index contributed by atoms with van der Waals surface area (Å²) in [6, 6.07) is 18.4. The van der Waals surface area contributed by atoms with Crippen molar-refractivity contribution in [1.29, 1.82) is 0 Å². The van der Waals surface area contributed by atoms with E-state index in [1.807, 2.05) is 35.7 Å². The predicted molar refractivity (Wildman–Crippen MR) is 137 cm³/mol. The SMILES string of the molecule is Cc1cc(N2CCC(C(=O)Nc3ccc(C(C)C)cc3)CC2)n2nc(-c3ccc(F)cc3)cc2n1. The van der Waals surface area contributed by atoms with Crippen molar-refractivity contribution < 1.29 is 9.18 Å². The molecule has 0 atom stereocenters. The largest absolute Gasteiger partial charge is 0.356 e. The molecule has 0 unspecified atom stereocenters. The Bertz CT molecular complexity index is 1340. The van der Waals surface area contributed by atoms with Gasteiger partial charge >= 0.3 is 0 Å². The van der Waals surface area contributed by atoms with Crippen molar-refractivity contribution in [1.82, 2.24) is 14.6 Å². The highest BCUT2D eigenvalue weighted by Gasteiger charge is 2.27. The molecule has 4 aromatic rings. The van der Waals surface area contributed by atoms with E-state index in [9.17, 15) is 9.18 Å².